The number of aliphatic hydroxyl groups excluding tert-OH is 1. The molecule has 7 atom stereocenters. The summed E-state index contributed by atoms with van der Waals surface area (Å²) in [5.41, 5.74) is -1.40. The quantitative estimate of drug-likeness (QED) is 0.647. The summed E-state index contributed by atoms with van der Waals surface area (Å²) in [7, 11) is 0. The maximum absolute atomic E-state index is 12.5. The molecule has 4 heteroatoms. The summed E-state index contributed by atoms with van der Waals surface area (Å²) in [5.74, 6) is 0.698. The molecule has 0 amide bonds. The Labute approximate surface area is 119 Å². The molecule has 0 aromatic rings. The summed E-state index contributed by atoms with van der Waals surface area (Å²) in [6.07, 6.45) is 6.52. The zero-order valence-electron chi connectivity index (χ0n) is 12.0. The topological polar surface area (TPSA) is 60.8 Å². The van der Waals surface area contributed by atoms with Gasteiger partial charge in [0.15, 0.2) is 0 Å². The molecular formula is C16H23NO3. The van der Waals surface area contributed by atoms with Crippen LogP contribution in [-0.2, 0) is 4.79 Å². The summed E-state index contributed by atoms with van der Waals surface area (Å²) in [6, 6.07) is 0. The lowest BCUT2D eigenvalue weighted by Gasteiger charge is -2.59. The lowest BCUT2D eigenvalue weighted by Crippen LogP contribution is -2.66. The van der Waals surface area contributed by atoms with Crippen LogP contribution in [0, 0.1) is 23.2 Å². The van der Waals surface area contributed by atoms with Crippen molar-refractivity contribution >= 4 is 5.78 Å². The number of carbonyl (C=O) groups is 1. The van der Waals surface area contributed by atoms with Crippen molar-refractivity contribution in [1.82, 2.24) is 4.90 Å². The van der Waals surface area contributed by atoms with Gasteiger partial charge in [-0.2, -0.15) is 0 Å². The molecule has 20 heavy (non-hydrogen) atoms. The Morgan fingerprint density at radius 3 is 3.00 bits per heavy atom. The lowest BCUT2D eigenvalue weighted by molar-refractivity contribution is -0.228. The molecule has 2 bridgehead atoms. The maximum atomic E-state index is 12.5. The average Bonchev–Trinajstić information content (AvgIpc) is 2.60. The van der Waals surface area contributed by atoms with Gasteiger partial charge in [-0.1, -0.05) is 19.1 Å². The molecule has 4 aliphatic rings. The summed E-state index contributed by atoms with van der Waals surface area (Å²) in [5, 5.41) is 21.8. The van der Waals surface area contributed by atoms with E-state index in [1.54, 1.807) is 0 Å². The summed E-state index contributed by atoms with van der Waals surface area (Å²) >= 11 is 0. The first-order valence-electron chi connectivity index (χ1n) is 7.83. The minimum atomic E-state index is -0.946. The van der Waals surface area contributed by atoms with Gasteiger partial charge < -0.3 is 10.2 Å². The third kappa shape index (κ3) is 1.35. The molecule has 3 fully saturated rings. The van der Waals surface area contributed by atoms with Gasteiger partial charge in [0.05, 0.1) is 6.10 Å². The molecule has 7 unspecified atom stereocenters. The molecule has 2 N–H and O–H groups in total. The molecule has 0 aromatic heterocycles. The highest BCUT2D eigenvalue weighted by molar-refractivity contribution is 5.86. The minimum absolute atomic E-state index is 0.207. The Kier molecular flexibility index (Phi) is 2.55. The second-order valence-electron chi connectivity index (χ2n) is 7.41. The largest absolute Gasteiger partial charge is 0.392 e. The van der Waals surface area contributed by atoms with Crippen LogP contribution in [0.1, 0.15) is 32.6 Å². The molecule has 4 nitrogen and oxygen atoms in total. The van der Waals surface area contributed by atoms with Gasteiger partial charge >= 0.3 is 0 Å². The van der Waals surface area contributed by atoms with E-state index in [0.717, 1.165) is 6.42 Å². The highest BCUT2D eigenvalue weighted by atomic mass is 16.3. The van der Waals surface area contributed by atoms with Gasteiger partial charge in [-0.3, -0.25) is 9.69 Å². The monoisotopic (exact) mass is 277 g/mol. The van der Waals surface area contributed by atoms with E-state index in [1.807, 2.05) is 4.90 Å². The van der Waals surface area contributed by atoms with Crippen molar-refractivity contribution < 1.29 is 15.0 Å². The van der Waals surface area contributed by atoms with Gasteiger partial charge in [0.2, 0.25) is 0 Å². The Morgan fingerprint density at radius 1 is 1.40 bits per heavy atom. The van der Waals surface area contributed by atoms with Crippen molar-refractivity contribution in [3.63, 3.8) is 0 Å². The summed E-state index contributed by atoms with van der Waals surface area (Å²) < 4.78 is 0. The van der Waals surface area contributed by atoms with Crippen LogP contribution < -0.4 is 0 Å². The number of rotatable bonds is 0. The van der Waals surface area contributed by atoms with E-state index in [0.29, 0.717) is 38.3 Å². The summed E-state index contributed by atoms with van der Waals surface area (Å²) in [6.45, 7) is 3.33. The van der Waals surface area contributed by atoms with Gasteiger partial charge in [-0.25, -0.2) is 0 Å². The van der Waals surface area contributed by atoms with E-state index >= 15 is 0 Å². The predicted octanol–water partition coefficient (Wildman–Crippen LogP) is 0.933. The number of aliphatic hydroxyl groups is 2. The van der Waals surface area contributed by atoms with Gasteiger partial charge in [-0.05, 0) is 31.1 Å². The Bertz CT molecular complexity index is 490. The fraction of sp³-hybridized carbons (Fsp3) is 0.812. The van der Waals surface area contributed by atoms with E-state index in [9.17, 15) is 15.0 Å². The lowest BCUT2D eigenvalue weighted by atomic mass is 9.55. The fourth-order valence-corrected chi connectivity index (χ4v) is 5.69. The van der Waals surface area contributed by atoms with Crippen LogP contribution in [0.25, 0.3) is 0 Å². The number of hydrogen-bond donors (Lipinski definition) is 2. The van der Waals surface area contributed by atoms with Gasteiger partial charge in [0.1, 0.15) is 11.5 Å². The standard InChI is InChI=1S/C16H23NO3/c1-10-5-11-6-14(19)13-7-12(18)9-17-4-2-3-15(11,13)16(17,20)8-10/h2-3,10-13,18,20H,4-9H2,1H3. The Morgan fingerprint density at radius 2 is 2.20 bits per heavy atom. The average molecular weight is 277 g/mol. The van der Waals surface area contributed by atoms with Crippen LogP contribution in [0.15, 0.2) is 12.2 Å². The van der Waals surface area contributed by atoms with Gasteiger partial charge in [-0.15, -0.1) is 0 Å². The van der Waals surface area contributed by atoms with Gasteiger partial charge in [0.25, 0.3) is 0 Å². The van der Waals surface area contributed by atoms with Gasteiger partial charge in [0, 0.05) is 30.8 Å². The molecule has 2 aliphatic heterocycles. The van der Waals surface area contributed by atoms with Crippen molar-refractivity contribution in [3.05, 3.63) is 12.2 Å². The first-order chi connectivity index (χ1) is 9.47. The van der Waals surface area contributed by atoms with Crippen molar-refractivity contribution in [1.29, 1.82) is 0 Å². The SMILES string of the molecule is CC1CC2CC(=O)C3CC(O)CN4CC=CC23C4(O)C1. The number of nitrogens with zero attached hydrogens (tertiary/aromatic N) is 1. The van der Waals surface area contributed by atoms with Crippen LogP contribution >= 0.6 is 0 Å². The molecule has 2 saturated carbocycles. The zero-order chi connectivity index (χ0) is 14.1. The number of ketones is 1. The van der Waals surface area contributed by atoms with Crippen molar-refractivity contribution in [3.8, 4) is 0 Å². The predicted molar refractivity (Wildman–Crippen MR) is 73.7 cm³/mol. The Balaban J connectivity index is 1.94. The molecule has 0 radical (unpaired) electrons. The molecule has 110 valence electrons. The second-order valence-corrected chi connectivity index (χ2v) is 7.41. The first kappa shape index (κ1) is 13.0. The molecule has 4 rings (SSSR count). The Hall–Kier alpha value is -0.710. The third-order valence-corrected chi connectivity index (χ3v) is 6.28. The van der Waals surface area contributed by atoms with Crippen LogP contribution in [0.5, 0.6) is 0 Å². The smallest absolute Gasteiger partial charge is 0.137 e. The second kappa shape index (κ2) is 3.93. The van der Waals surface area contributed by atoms with Crippen LogP contribution in [0.3, 0.4) is 0 Å². The molecular weight excluding hydrogens is 254 g/mol. The van der Waals surface area contributed by atoms with Crippen LogP contribution in [0.2, 0.25) is 0 Å². The number of Topliss-reactive ketones (excluding diaryl/α,β-unsaturated/α-hetero) is 1. The highest BCUT2D eigenvalue weighted by Gasteiger charge is 2.69. The first-order valence-corrected chi connectivity index (χ1v) is 7.83. The number of carbonyl (C=O) groups excluding carboxylic acids is 1. The van der Waals surface area contributed by atoms with E-state index in [1.165, 1.54) is 0 Å². The van der Waals surface area contributed by atoms with E-state index in [-0.39, 0.29) is 17.6 Å². The maximum Gasteiger partial charge on any atom is 0.137 e. The van der Waals surface area contributed by atoms with Crippen molar-refractivity contribution in [2.75, 3.05) is 13.1 Å². The third-order valence-electron chi connectivity index (χ3n) is 6.28. The molecule has 0 aromatic carbocycles. The number of hydrogen-bond acceptors (Lipinski definition) is 4. The van der Waals surface area contributed by atoms with Crippen LogP contribution in [0.4, 0.5) is 0 Å². The molecule has 1 spiro atoms. The molecule has 2 heterocycles. The molecule has 1 saturated heterocycles. The summed E-state index contributed by atoms with van der Waals surface area (Å²) in [4.78, 5) is 14.5. The van der Waals surface area contributed by atoms with Crippen molar-refractivity contribution in [2.24, 2.45) is 23.2 Å². The van der Waals surface area contributed by atoms with Crippen LogP contribution in [-0.4, -0.2) is 45.8 Å². The molecule has 2 aliphatic carbocycles. The highest BCUT2D eigenvalue weighted by Crippen LogP contribution is 2.64. The van der Waals surface area contributed by atoms with E-state index < -0.39 is 17.2 Å². The van der Waals surface area contributed by atoms with E-state index in [4.69, 9.17) is 0 Å². The zero-order valence-corrected chi connectivity index (χ0v) is 12.0. The minimum Gasteiger partial charge on any atom is -0.392 e. The normalized spacial score (nSPS) is 57.4. The van der Waals surface area contributed by atoms with Crippen molar-refractivity contribution in [2.45, 2.75) is 44.4 Å². The fourth-order valence-electron chi connectivity index (χ4n) is 5.69. The van der Waals surface area contributed by atoms with E-state index in [2.05, 4.69) is 19.1 Å².